The Morgan fingerprint density at radius 1 is 1.10 bits per heavy atom. The lowest BCUT2D eigenvalue weighted by atomic mass is 9.91. The summed E-state index contributed by atoms with van der Waals surface area (Å²) < 4.78 is 11.3. The standard InChI is InChI=1S/C16H26N2O2/c1-3-19-14-9-10-16(20-4-2)15(11-14)18-13-7-5-12(17)6-8-13/h9-13,18H,3-8,17H2,1-2H3. The molecule has 0 unspecified atom stereocenters. The molecule has 112 valence electrons. The second-order valence-corrected chi connectivity index (χ2v) is 5.28. The minimum atomic E-state index is 0.370. The first kappa shape index (κ1) is 15.0. The summed E-state index contributed by atoms with van der Waals surface area (Å²) in [5, 5.41) is 3.59. The first-order chi connectivity index (χ1) is 9.72. The lowest BCUT2D eigenvalue weighted by Gasteiger charge is -2.28. The van der Waals surface area contributed by atoms with E-state index in [4.69, 9.17) is 15.2 Å². The van der Waals surface area contributed by atoms with Crippen LogP contribution in [0.1, 0.15) is 39.5 Å². The molecule has 0 aromatic heterocycles. The number of anilines is 1. The third-order valence-electron chi connectivity index (χ3n) is 3.69. The first-order valence-corrected chi connectivity index (χ1v) is 7.64. The van der Waals surface area contributed by atoms with Gasteiger partial charge < -0.3 is 20.5 Å². The van der Waals surface area contributed by atoms with Crippen LogP contribution < -0.4 is 20.5 Å². The van der Waals surface area contributed by atoms with Crippen LogP contribution in [0.2, 0.25) is 0 Å². The Morgan fingerprint density at radius 3 is 2.45 bits per heavy atom. The van der Waals surface area contributed by atoms with Gasteiger partial charge in [0.25, 0.3) is 0 Å². The monoisotopic (exact) mass is 278 g/mol. The largest absolute Gasteiger partial charge is 0.494 e. The molecule has 1 aromatic rings. The Morgan fingerprint density at radius 2 is 1.80 bits per heavy atom. The van der Waals surface area contributed by atoms with Crippen molar-refractivity contribution in [3.8, 4) is 11.5 Å². The van der Waals surface area contributed by atoms with E-state index in [2.05, 4.69) is 5.32 Å². The van der Waals surface area contributed by atoms with Crippen LogP contribution in [0, 0.1) is 0 Å². The fourth-order valence-corrected chi connectivity index (χ4v) is 2.64. The molecule has 3 N–H and O–H groups in total. The van der Waals surface area contributed by atoms with Crippen LogP contribution in [0.25, 0.3) is 0 Å². The minimum absolute atomic E-state index is 0.370. The summed E-state index contributed by atoms with van der Waals surface area (Å²) in [5.41, 5.74) is 6.99. The molecule has 2 rings (SSSR count). The van der Waals surface area contributed by atoms with Gasteiger partial charge in [0, 0.05) is 18.2 Å². The molecule has 1 aromatic carbocycles. The minimum Gasteiger partial charge on any atom is -0.494 e. The topological polar surface area (TPSA) is 56.5 Å². The van der Waals surface area contributed by atoms with Gasteiger partial charge >= 0.3 is 0 Å². The van der Waals surface area contributed by atoms with E-state index in [9.17, 15) is 0 Å². The summed E-state index contributed by atoms with van der Waals surface area (Å²) in [5.74, 6) is 1.77. The quantitative estimate of drug-likeness (QED) is 0.839. The van der Waals surface area contributed by atoms with Crippen LogP contribution in [0.3, 0.4) is 0 Å². The zero-order valence-electron chi connectivity index (χ0n) is 12.5. The summed E-state index contributed by atoms with van der Waals surface area (Å²) in [4.78, 5) is 0. The van der Waals surface area contributed by atoms with Crippen molar-refractivity contribution in [3.63, 3.8) is 0 Å². The van der Waals surface area contributed by atoms with Crippen molar-refractivity contribution in [2.75, 3.05) is 18.5 Å². The molecule has 1 saturated carbocycles. The number of nitrogens with one attached hydrogen (secondary N) is 1. The molecule has 0 atom stereocenters. The predicted molar refractivity (Wildman–Crippen MR) is 82.6 cm³/mol. The van der Waals surface area contributed by atoms with Crippen molar-refractivity contribution in [1.82, 2.24) is 0 Å². The van der Waals surface area contributed by atoms with E-state index in [1.54, 1.807) is 0 Å². The van der Waals surface area contributed by atoms with E-state index >= 15 is 0 Å². The van der Waals surface area contributed by atoms with Gasteiger partial charge in [0.05, 0.1) is 18.9 Å². The summed E-state index contributed by atoms with van der Waals surface area (Å²) in [6.45, 7) is 5.33. The van der Waals surface area contributed by atoms with E-state index < -0.39 is 0 Å². The van der Waals surface area contributed by atoms with E-state index in [-0.39, 0.29) is 0 Å². The molecule has 0 saturated heterocycles. The van der Waals surface area contributed by atoms with Crippen molar-refractivity contribution in [3.05, 3.63) is 18.2 Å². The highest BCUT2D eigenvalue weighted by molar-refractivity contribution is 5.60. The zero-order chi connectivity index (χ0) is 14.4. The van der Waals surface area contributed by atoms with Gasteiger partial charge in [0.15, 0.2) is 0 Å². The zero-order valence-corrected chi connectivity index (χ0v) is 12.5. The van der Waals surface area contributed by atoms with Crippen LogP contribution in [0.4, 0.5) is 5.69 Å². The van der Waals surface area contributed by atoms with E-state index in [1.807, 2.05) is 32.0 Å². The van der Waals surface area contributed by atoms with Gasteiger partial charge in [-0.2, -0.15) is 0 Å². The fraction of sp³-hybridized carbons (Fsp3) is 0.625. The van der Waals surface area contributed by atoms with Crippen molar-refractivity contribution in [1.29, 1.82) is 0 Å². The summed E-state index contributed by atoms with van der Waals surface area (Å²) in [6, 6.07) is 6.81. The average molecular weight is 278 g/mol. The molecule has 0 radical (unpaired) electrons. The van der Waals surface area contributed by atoms with Crippen LogP contribution in [0.15, 0.2) is 18.2 Å². The Hall–Kier alpha value is -1.42. The maximum atomic E-state index is 5.96. The van der Waals surface area contributed by atoms with Crippen molar-refractivity contribution in [2.24, 2.45) is 5.73 Å². The summed E-state index contributed by atoms with van der Waals surface area (Å²) in [7, 11) is 0. The van der Waals surface area contributed by atoms with Crippen molar-refractivity contribution < 1.29 is 9.47 Å². The van der Waals surface area contributed by atoms with Gasteiger partial charge in [-0.15, -0.1) is 0 Å². The van der Waals surface area contributed by atoms with Crippen LogP contribution >= 0.6 is 0 Å². The number of ether oxygens (including phenoxy) is 2. The molecule has 20 heavy (non-hydrogen) atoms. The normalized spacial score (nSPS) is 22.4. The lowest BCUT2D eigenvalue weighted by molar-refractivity contribution is 0.331. The Kier molecular flexibility index (Phi) is 5.53. The number of benzene rings is 1. The number of nitrogens with two attached hydrogens (primary N) is 1. The van der Waals surface area contributed by atoms with Crippen molar-refractivity contribution in [2.45, 2.75) is 51.6 Å². The number of rotatable bonds is 6. The molecule has 0 heterocycles. The Bertz CT molecular complexity index is 415. The summed E-state index contributed by atoms with van der Waals surface area (Å²) in [6.07, 6.45) is 4.41. The van der Waals surface area contributed by atoms with Gasteiger partial charge in [-0.25, -0.2) is 0 Å². The third-order valence-corrected chi connectivity index (χ3v) is 3.69. The smallest absolute Gasteiger partial charge is 0.142 e. The van der Waals surface area contributed by atoms with Gasteiger partial charge in [0.2, 0.25) is 0 Å². The number of hydrogen-bond donors (Lipinski definition) is 2. The Balaban J connectivity index is 2.08. The molecule has 1 aliphatic rings. The van der Waals surface area contributed by atoms with Crippen LogP contribution in [-0.2, 0) is 0 Å². The molecule has 0 spiro atoms. The second kappa shape index (κ2) is 7.39. The first-order valence-electron chi connectivity index (χ1n) is 7.64. The molecule has 0 aliphatic heterocycles. The lowest BCUT2D eigenvalue weighted by Crippen LogP contribution is -2.32. The third kappa shape index (κ3) is 4.04. The van der Waals surface area contributed by atoms with Crippen molar-refractivity contribution >= 4 is 5.69 Å². The van der Waals surface area contributed by atoms with Gasteiger partial charge in [0.1, 0.15) is 11.5 Å². The predicted octanol–water partition coefficient (Wildman–Crippen LogP) is 3.17. The van der Waals surface area contributed by atoms with Gasteiger partial charge in [-0.1, -0.05) is 0 Å². The van der Waals surface area contributed by atoms with E-state index in [0.29, 0.717) is 25.3 Å². The molecule has 1 aliphatic carbocycles. The van der Waals surface area contributed by atoms with Gasteiger partial charge in [-0.3, -0.25) is 0 Å². The molecule has 4 heteroatoms. The van der Waals surface area contributed by atoms with E-state index in [1.165, 1.54) is 0 Å². The molecule has 0 bridgehead atoms. The molecular weight excluding hydrogens is 252 g/mol. The molecule has 4 nitrogen and oxygen atoms in total. The molecule has 1 fully saturated rings. The highest BCUT2D eigenvalue weighted by Crippen LogP contribution is 2.32. The second-order valence-electron chi connectivity index (χ2n) is 5.28. The van der Waals surface area contributed by atoms with Crippen LogP contribution in [0.5, 0.6) is 11.5 Å². The fourth-order valence-electron chi connectivity index (χ4n) is 2.64. The summed E-state index contributed by atoms with van der Waals surface area (Å²) >= 11 is 0. The maximum absolute atomic E-state index is 5.96. The van der Waals surface area contributed by atoms with E-state index in [0.717, 1.165) is 42.9 Å². The van der Waals surface area contributed by atoms with Gasteiger partial charge in [-0.05, 0) is 51.7 Å². The van der Waals surface area contributed by atoms with Crippen LogP contribution in [-0.4, -0.2) is 25.3 Å². The number of hydrogen-bond acceptors (Lipinski definition) is 4. The highest BCUT2D eigenvalue weighted by atomic mass is 16.5. The maximum Gasteiger partial charge on any atom is 0.142 e. The SMILES string of the molecule is CCOc1ccc(OCC)c(NC2CCC(N)CC2)c1. The molecular formula is C16H26N2O2. The molecule has 0 amide bonds. The average Bonchev–Trinajstić information content (AvgIpc) is 2.45. The Labute approximate surface area is 121 Å². The highest BCUT2D eigenvalue weighted by Gasteiger charge is 2.19.